The van der Waals surface area contributed by atoms with Crippen LogP contribution in [0.2, 0.25) is 0 Å². The lowest BCUT2D eigenvalue weighted by molar-refractivity contribution is -0.181. The standard InChI is InChI=1S/C26H35NO/c1-26(18-24-13-8-14-25(17-24)19-26)15-16-28-27(20-22-9-4-2-5-10-22)21-23-11-6-3-7-12-23/h2-7,9-12,24-25H,8,13-21H2,1H3. The summed E-state index contributed by atoms with van der Waals surface area (Å²) in [7, 11) is 0. The number of fused-ring (bicyclic) bond motifs is 2. The maximum atomic E-state index is 6.37. The lowest BCUT2D eigenvalue weighted by Crippen LogP contribution is -2.35. The second-order valence-electron chi connectivity index (χ2n) is 9.47. The van der Waals surface area contributed by atoms with Crippen molar-refractivity contribution in [3.05, 3.63) is 71.8 Å². The van der Waals surface area contributed by atoms with Gasteiger partial charge in [0, 0.05) is 13.1 Å². The molecular weight excluding hydrogens is 342 g/mol. The SMILES string of the molecule is CC1(CCON(Cc2ccccc2)Cc2ccccc2)CC2CCCC(C2)C1. The molecule has 2 bridgehead atoms. The second-order valence-corrected chi connectivity index (χ2v) is 9.47. The average molecular weight is 378 g/mol. The van der Waals surface area contributed by atoms with Gasteiger partial charge in [-0.15, -0.1) is 0 Å². The third kappa shape index (κ3) is 5.46. The molecule has 4 rings (SSSR count). The summed E-state index contributed by atoms with van der Waals surface area (Å²) in [5.74, 6) is 1.95. The van der Waals surface area contributed by atoms with Crippen LogP contribution in [0.15, 0.2) is 60.7 Å². The minimum Gasteiger partial charge on any atom is -0.298 e. The zero-order chi connectivity index (χ0) is 19.2. The van der Waals surface area contributed by atoms with E-state index < -0.39 is 0 Å². The number of nitrogens with zero attached hydrogens (tertiary/aromatic N) is 1. The fraction of sp³-hybridized carbons (Fsp3) is 0.538. The Balaban J connectivity index is 1.35. The van der Waals surface area contributed by atoms with Crippen LogP contribution < -0.4 is 0 Å². The van der Waals surface area contributed by atoms with Crippen LogP contribution in [0.4, 0.5) is 0 Å². The molecule has 0 aromatic heterocycles. The smallest absolute Gasteiger partial charge is 0.0690 e. The molecule has 0 radical (unpaired) electrons. The molecule has 2 atom stereocenters. The van der Waals surface area contributed by atoms with Crippen molar-refractivity contribution in [2.24, 2.45) is 17.3 Å². The van der Waals surface area contributed by atoms with Crippen molar-refractivity contribution < 1.29 is 4.84 Å². The molecule has 0 amide bonds. The molecule has 0 spiro atoms. The van der Waals surface area contributed by atoms with E-state index in [1.807, 2.05) is 0 Å². The van der Waals surface area contributed by atoms with E-state index in [4.69, 9.17) is 4.84 Å². The fourth-order valence-electron chi connectivity index (χ4n) is 5.60. The molecule has 2 aromatic carbocycles. The Morgan fingerprint density at radius 1 is 0.857 bits per heavy atom. The first-order chi connectivity index (χ1) is 13.7. The molecule has 0 heterocycles. The average Bonchev–Trinajstić information content (AvgIpc) is 2.69. The molecule has 150 valence electrons. The number of hydrogen-bond donors (Lipinski definition) is 0. The summed E-state index contributed by atoms with van der Waals surface area (Å²) in [6, 6.07) is 21.3. The molecule has 2 aliphatic carbocycles. The van der Waals surface area contributed by atoms with Gasteiger partial charge in [-0.05, 0) is 54.1 Å². The molecule has 2 nitrogen and oxygen atoms in total. The van der Waals surface area contributed by atoms with E-state index in [9.17, 15) is 0 Å². The van der Waals surface area contributed by atoms with E-state index in [0.717, 1.165) is 31.5 Å². The molecule has 0 saturated heterocycles. The van der Waals surface area contributed by atoms with E-state index in [2.05, 4.69) is 72.7 Å². The predicted molar refractivity (Wildman–Crippen MR) is 115 cm³/mol. The minimum absolute atomic E-state index is 0.471. The Hall–Kier alpha value is -1.64. The van der Waals surface area contributed by atoms with E-state index in [1.165, 1.54) is 56.1 Å². The number of benzene rings is 2. The van der Waals surface area contributed by atoms with Crippen molar-refractivity contribution in [2.75, 3.05) is 6.61 Å². The van der Waals surface area contributed by atoms with E-state index in [0.29, 0.717) is 5.41 Å². The van der Waals surface area contributed by atoms with Crippen molar-refractivity contribution in [3.63, 3.8) is 0 Å². The lowest BCUT2D eigenvalue weighted by atomic mass is 9.60. The van der Waals surface area contributed by atoms with E-state index in [1.54, 1.807) is 0 Å². The van der Waals surface area contributed by atoms with E-state index >= 15 is 0 Å². The molecule has 2 fully saturated rings. The lowest BCUT2D eigenvalue weighted by Gasteiger charge is -2.45. The predicted octanol–water partition coefficient (Wildman–Crippen LogP) is 6.62. The third-order valence-electron chi connectivity index (χ3n) is 6.84. The molecule has 28 heavy (non-hydrogen) atoms. The van der Waals surface area contributed by atoms with Crippen LogP contribution in [0.5, 0.6) is 0 Å². The molecule has 2 saturated carbocycles. The van der Waals surface area contributed by atoms with E-state index in [-0.39, 0.29) is 0 Å². The topological polar surface area (TPSA) is 12.5 Å². The summed E-state index contributed by atoms with van der Waals surface area (Å²) in [6.07, 6.45) is 9.87. The van der Waals surface area contributed by atoms with Gasteiger partial charge in [-0.2, -0.15) is 5.06 Å². The Morgan fingerprint density at radius 2 is 1.39 bits per heavy atom. The Kier molecular flexibility index (Phi) is 6.49. The molecule has 0 N–H and O–H groups in total. The molecule has 2 unspecified atom stereocenters. The third-order valence-corrected chi connectivity index (χ3v) is 6.84. The Morgan fingerprint density at radius 3 is 1.93 bits per heavy atom. The molecule has 0 aliphatic heterocycles. The highest BCUT2D eigenvalue weighted by atomic mass is 16.7. The van der Waals surface area contributed by atoms with Crippen LogP contribution in [0, 0.1) is 17.3 Å². The van der Waals surface area contributed by atoms with Crippen LogP contribution in [-0.2, 0) is 17.9 Å². The maximum absolute atomic E-state index is 6.37. The van der Waals surface area contributed by atoms with Gasteiger partial charge in [-0.25, -0.2) is 0 Å². The van der Waals surface area contributed by atoms with Gasteiger partial charge in [0.1, 0.15) is 0 Å². The van der Waals surface area contributed by atoms with Crippen LogP contribution in [-0.4, -0.2) is 11.7 Å². The summed E-state index contributed by atoms with van der Waals surface area (Å²) in [6.45, 7) is 5.00. The number of rotatable bonds is 8. The van der Waals surface area contributed by atoms with Gasteiger partial charge in [-0.3, -0.25) is 4.84 Å². The van der Waals surface area contributed by atoms with Gasteiger partial charge < -0.3 is 0 Å². The Labute approximate surface area is 170 Å². The summed E-state index contributed by atoms with van der Waals surface area (Å²) in [4.78, 5) is 6.37. The Bertz CT molecular complexity index is 660. The second kappa shape index (κ2) is 9.24. The van der Waals surface area contributed by atoms with Crippen molar-refractivity contribution in [2.45, 2.75) is 65.0 Å². The molecular formula is C26H35NO. The quantitative estimate of drug-likeness (QED) is 0.479. The highest BCUT2D eigenvalue weighted by Gasteiger charge is 2.38. The normalized spacial score (nSPS) is 27.1. The highest BCUT2D eigenvalue weighted by Crippen LogP contribution is 2.50. The van der Waals surface area contributed by atoms with Crippen LogP contribution in [0.1, 0.15) is 63.0 Å². The monoisotopic (exact) mass is 377 g/mol. The van der Waals surface area contributed by atoms with Crippen molar-refractivity contribution in [1.29, 1.82) is 0 Å². The molecule has 2 aliphatic rings. The van der Waals surface area contributed by atoms with Crippen molar-refractivity contribution in [3.8, 4) is 0 Å². The summed E-state index contributed by atoms with van der Waals surface area (Å²) in [5, 5.41) is 2.15. The summed E-state index contributed by atoms with van der Waals surface area (Å²) in [5.41, 5.74) is 3.08. The largest absolute Gasteiger partial charge is 0.298 e. The fourth-order valence-corrected chi connectivity index (χ4v) is 5.60. The van der Waals surface area contributed by atoms with Gasteiger partial charge in [0.2, 0.25) is 0 Å². The first-order valence-electron chi connectivity index (χ1n) is 11.1. The maximum Gasteiger partial charge on any atom is 0.0690 e. The van der Waals surface area contributed by atoms with Crippen LogP contribution in [0.3, 0.4) is 0 Å². The zero-order valence-corrected chi connectivity index (χ0v) is 17.4. The van der Waals surface area contributed by atoms with Gasteiger partial charge in [0.25, 0.3) is 0 Å². The van der Waals surface area contributed by atoms with Crippen molar-refractivity contribution in [1.82, 2.24) is 5.06 Å². The van der Waals surface area contributed by atoms with Gasteiger partial charge in [0.15, 0.2) is 0 Å². The summed E-state index contributed by atoms with van der Waals surface area (Å²) >= 11 is 0. The van der Waals surface area contributed by atoms with Gasteiger partial charge in [-0.1, -0.05) is 86.8 Å². The highest BCUT2D eigenvalue weighted by molar-refractivity contribution is 5.16. The van der Waals surface area contributed by atoms with Crippen molar-refractivity contribution >= 4 is 0 Å². The first kappa shape index (κ1) is 19.7. The molecule has 2 aromatic rings. The number of hydroxylamine groups is 2. The van der Waals surface area contributed by atoms with Gasteiger partial charge >= 0.3 is 0 Å². The molecule has 2 heteroatoms. The van der Waals surface area contributed by atoms with Gasteiger partial charge in [0.05, 0.1) is 6.61 Å². The minimum atomic E-state index is 0.471. The summed E-state index contributed by atoms with van der Waals surface area (Å²) < 4.78 is 0. The van der Waals surface area contributed by atoms with Crippen LogP contribution in [0.25, 0.3) is 0 Å². The van der Waals surface area contributed by atoms with Crippen LogP contribution >= 0.6 is 0 Å². The zero-order valence-electron chi connectivity index (χ0n) is 17.4. The number of hydrogen-bond acceptors (Lipinski definition) is 2. The first-order valence-corrected chi connectivity index (χ1v) is 11.1.